The van der Waals surface area contributed by atoms with Crippen LogP contribution in [0, 0.1) is 0 Å². The molecule has 196 valence electrons. The van der Waals surface area contributed by atoms with Crippen molar-refractivity contribution >= 4 is 22.8 Å². The molecule has 37 heavy (non-hydrogen) atoms. The Morgan fingerprint density at radius 3 is 2.41 bits per heavy atom. The summed E-state index contributed by atoms with van der Waals surface area (Å²) >= 11 is 0. The summed E-state index contributed by atoms with van der Waals surface area (Å²) in [5, 5.41) is 0.959. The van der Waals surface area contributed by atoms with Crippen LogP contribution in [0.3, 0.4) is 0 Å². The molecule has 3 aromatic rings. The van der Waals surface area contributed by atoms with E-state index in [1.54, 1.807) is 0 Å². The van der Waals surface area contributed by atoms with E-state index >= 15 is 0 Å². The lowest BCUT2D eigenvalue weighted by Gasteiger charge is -2.36. The van der Waals surface area contributed by atoms with E-state index in [9.17, 15) is 0 Å². The van der Waals surface area contributed by atoms with Crippen molar-refractivity contribution in [1.29, 1.82) is 0 Å². The Kier molecular flexibility index (Phi) is 7.08. The molecule has 9 nitrogen and oxygen atoms in total. The molecule has 3 fully saturated rings. The van der Waals surface area contributed by atoms with Gasteiger partial charge in [-0.25, -0.2) is 4.98 Å². The van der Waals surface area contributed by atoms with Gasteiger partial charge >= 0.3 is 0 Å². The van der Waals surface area contributed by atoms with Crippen molar-refractivity contribution in [2.75, 3.05) is 62.4 Å². The average Bonchev–Trinajstić information content (AvgIpc) is 3.45. The number of anilines is 2. The van der Waals surface area contributed by atoms with E-state index in [1.807, 2.05) is 12.1 Å². The fraction of sp³-hybridized carbons (Fsp3) is 0.536. The second-order valence-electron chi connectivity index (χ2n) is 10.1. The zero-order valence-electron chi connectivity index (χ0n) is 21.6. The predicted molar refractivity (Wildman–Crippen MR) is 142 cm³/mol. The lowest BCUT2D eigenvalue weighted by atomic mass is 10.1. The zero-order chi connectivity index (χ0) is 25.2. The molecule has 3 unspecified atom stereocenters. The molecule has 0 N–H and O–H groups in total. The largest absolute Gasteiger partial charge is 0.491 e. The van der Waals surface area contributed by atoms with Crippen molar-refractivity contribution in [2.45, 2.75) is 45.0 Å². The molecule has 5 heterocycles. The Balaban J connectivity index is 1.30. The van der Waals surface area contributed by atoms with E-state index < -0.39 is 0 Å². The predicted octanol–water partition coefficient (Wildman–Crippen LogP) is 3.70. The van der Waals surface area contributed by atoms with Crippen molar-refractivity contribution in [1.82, 2.24) is 15.0 Å². The Labute approximate surface area is 217 Å². The van der Waals surface area contributed by atoms with Crippen molar-refractivity contribution < 1.29 is 18.9 Å². The third-order valence-corrected chi connectivity index (χ3v) is 7.15. The zero-order valence-corrected chi connectivity index (χ0v) is 21.6. The Bertz CT molecular complexity index is 1200. The van der Waals surface area contributed by atoms with E-state index in [2.05, 4.69) is 47.9 Å². The van der Waals surface area contributed by atoms with Crippen LogP contribution in [0.4, 0.5) is 11.8 Å². The maximum Gasteiger partial charge on any atom is 0.229 e. The quantitative estimate of drug-likeness (QED) is 0.498. The van der Waals surface area contributed by atoms with Crippen molar-refractivity contribution in [3.63, 3.8) is 0 Å². The molecule has 3 atom stereocenters. The first-order valence-electron chi connectivity index (χ1n) is 13.4. The fourth-order valence-electron chi connectivity index (χ4n) is 5.33. The van der Waals surface area contributed by atoms with Crippen LogP contribution in [0.1, 0.15) is 26.7 Å². The molecule has 0 saturated carbocycles. The second-order valence-corrected chi connectivity index (χ2v) is 10.1. The highest BCUT2D eigenvalue weighted by molar-refractivity contribution is 5.90. The van der Waals surface area contributed by atoms with E-state index in [4.69, 9.17) is 33.9 Å². The number of fused-ring (bicyclic) bond motifs is 1. The van der Waals surface area contributed by atoms with Gasteiger partial charge in [0.05, 0.1) is 42.6 Å². The van der Waals surface area contributed by atoms with Gasteiger partial charge in [0.15, 0.2) is 5.65 Å². The number of ether oxygens (including phenoxy) is 4. The number of rotatable bonds is 6. The summed E-state index contributed by atoms with van der Waals surface area (Å²) in [6.07, 6.45) is 2.62. The summed E-state index contributed by atoms with van der Waals surface area (Å²) in [6, 6.07) is 12.2. The van der Waals surface area contributed by atoms with Crippen LogP contribution in [0.15, 0.2) is 36.4 Å². The van der Waals surface area contributed by atoms with Gasteiger partial charge in [0.1, 0.15) is 18.2 Å². The first kappa shape index (κ1) is 24.3. The minimum Gasteiger partial charge on any atom is -0.491 e. The third-order valence-electron chi connectivity index (χ3n) is 7.15. The Morgan fingerprint density at radius 1 is 0.892 bits per heavy atom. The molecule has 1 aromatic carbocycles. The molecule has 9 heteroatoms. The van der Waals surface area contributed by atoms with Crippen LogP contribution in [-0.4, -0.2) is 85.9 Å². The molecule has 0 radical (unpaired) electrons. The van der Waals surface area contributed by atoms with Gasteiger partial charge in [-0.15, -0.1) is 0 Å². The summed E-state index contributed by atoms with van der Waals surface area (Å²) in [5.74, 6) is 2.47. The molecule has 2 aromatic heterocycles. The van der Waals surface area contributed by atoms with Gasteiger partial charge in [-0.3, -0.25) is 0 Å². The number of pyridine rings is 1. The van der Waals surface area contributed by atoms with E-state index in [0.717, 1.165) is 73.8 Å². The van der Waals surface area contributed by atoms with Gasteiger partial charge in [-0.1, -0.05) is 0 Å². The van der Waals surface area contributed by atoms with Gasteiger partial charge < -0.3 is 28.7 Å². The smallest absolute Gasteiger partial charge is 0.229 e. The summed E-state index contributed by atoms with van der Waals surface area (Å²) < 4.78 is 23.1. The lowest BCUT2D eigenvalue weighted by Crippen LogP contribution is -2.46. The summed E-state index contributed by atoms with van der Waals surface area (Å²) in [6.45, 7) is 10.1. The van der Waals surface area contributed by atoms with Crippen LogP contribution in [0.2, 0.25) is 0 Å². The maximum absolute atomic E-state index is 5.95. The van der Waals surface area contributed by atoms with Gasteiger partial charge in [-0.05, 0) is 63.1 Å². The minimum atomic E-state index is 0.121. The molecular weight excluding hydrogens is 470 g/mol. The number of hydrogen-bond donors (Lipinski definition) is 0. The maximum atomic E-state index is 5.95. The van der Waals surface area contributed by atoms with E-state index in [1.165, 1.54) is 0 Å². The molecule has 3 aliphatic heterocycles. The average molecular weight is 506 g/mol. The van der Waals surface area contributed by atoms with Crippen molar-refractivity contribution in [3.05, 3.63) is 36.4 Å². The topological polar surface area (TPSA) is 82.1 Å². The number of benzene rings is 1. The molecule has 6 rings (SSSR count). The molecule has 0 aliphatic carbocycles. The van der Waals surface area contributed by atoms with Gasteiger partial charge in [-0.2, -0.15) is 9.97 Å². The monoisotopic (exact) mass is 505 g/mol. The molecule has 0 bridgehead atoms. The highest BCUT2D eigenvalue weighted by Crippen LogP contribution is 2.30. The minimum absolute atomic E-state index is 0.121. The molecule has 3 aliphatic rings. The number of nitrogens with zero attached hydrogens (tertiary/aromatic N) is 5. The number of morpholine rings is 2. The normalized spacial score (nSPS) is 24.5. The van der Waals surface area contributed by atoms with Crippen LogP contribution in [0.25, 0.3) is 22.3 Å². The lowest BCUT2D eigenvalue weighted by molar-refractivity contribution is -0.00570. The Morgan fingerprint density at radius 2 is 1.68 bits per heavy atom. The first-order chi connectivity index (χ1) is 18.1. The molecular formula is C28H35N5O4. The van der Waals surface area contributed by atoms with E-state index in [0.29, 0.717) is 31.4 Å². The summed E-state index contributed by atoms with van der Waals surface area (Å²) in [7, 11) is 0. The first-order valence-corrected chi connectivity index (χ1v) is 13.4. The summed E-state index contributed by atoms with van der Waals surface area (Å²) in [4.78, 5) is 19.5. The molecule has 0 amide bonds. The molecule has 3 saturated heterocycles. The summed E-state index contributed by atoms with van der Waals surface area (Å²) in [5.41, 5.74) is 2.60. The molecule has 0 spiro atoms. The number of aromatic nitrogens is 3. The SMILES string of the molecule is CC1CN(c2nc(N3CCOCC3)c3ccc(-c4ccc(OCC5CCCO5)cc4)nc3n2)CC(C)O1. The standard InChI is InChI=1S/C28H35N5O4/c1-19-16-33(17-20(2)37-19)28-30-26-24(27(31-28)32-11-14-34-15-12-32)9-10-25(29-26)21-5-7-22(8-6-21)36-18-23-4-3-13-35-23/h5-10,19-20,23H,3-4,11-18H2,1-2H3. The van der Waals surface area contributed by atoms with Crippen LogP contribution >= 0.6 is 0 Å². The van der Waals surface area contributed by atoms with Gasteiger partial charge in [0, 0.05) is 38.3 Å². The fourth-order valence-corrected chi connectivity index (χ4v) is 5.33. The highest BCUT2D eigenvalue weighted by Gasteiger charge is 2.27. The number of hydrogen-bond acceptors (Lipinski definition) is 9. The second kappa shape index (κ2) is 10.8. The Hall–Kier alpha value is -3.01. The van der Waals surface area contributed by atoms with E-state index in [-0.39, 0.29) is 18.3 Å². The van der Waals surface area contributed by atoms with Crippen molar-refractivity contribution in [3.8, 4) is 17.0 Å². The van der Waals surface area contributed by atoms with Crippen LogP contribution in [0.5, 0.6) is 5.75 Å². The van der Waals surface area contributed by atoms with Gasteiger partial charge in [0.25, 0.3) is 0 Å². The van der Waals surface area contributed by atoms with Crippen molar-refractivity contribution in [2.24, 2.45) is 0 Å². The van der Waals surface area contributed by atoms with Crippen LogP contribution in [-0.2, 0) is 14.2 Å². The van der Waals surface area contributed by atoms with Crippen LogP contribution < -0.4 is 14.5 Å². The van der Waals surface area contributed by atoms with Gasteiger partial charge in [0.2, 0.25) is 5.95 Å². The third kappa shape index (κ3) is 5.49. The highest BCUT2D eigenvalue weighted by atomic mass is 16.5.